The second-order valence-corrected chi connectivity index (χ2v) is 6.11. The first-order valence-electron chi connectivity index (χ1n) is 7.23. The summed E-state index contributed by atoms with van der Waals surface area (Å²) in [6, 6.07) is 8.35. The molecular formula is C16H22N2O. The van der Waals surface area contributed by atoms with Crippen LogP contribution in [0, 0.1) is 12.8 Å². The molecule has 0 radical (unpaired) electrons. The number of nitrogens with one attached hydrogen (secondary N) is 1. The van der Waals surface area contributed by atoms with E-state index in [-0.39, 0.29) is 17.4 Å². The standard InChI is InChI=1S/C16H22N2O/c1-11-4-2-3-5-13(11)16(8-9-16)15(19)18-10-14(17)12-6-7-12/h2-5,12,14H,6-10,17H2,1H3,(H,18,19). The molecular weight excluding hydrogens is 236 g/mol. The van der Waals surface area contributed by atoms with E-state index in [1.165, 1.54) is 24.0 Å². The Morgan fingerprint density at radius 1 is 1.42 bits per heavy atom. The Balaban J connectivity index is 1.67. The van der Waals surface area contributed by atoms with Crippen molar-refractivity contribution in [2.45, 2.75) is 44.1 Å². The molecule has 0 heterocycles. The molecule has 3 heteroatoms. The topological polar surface area (TPSA) is 55.1 Å². The SMILES string of the molecule is Cc1ccccc1C1(C(=O)NCC(N)C2CC2)CC1. The van der Waals surface area contributed by atoms with Crippen molar-refractivity contribution in [1.29, 1.82) is 0 Å². The average molecular weight is 258 g/mol. The Kier molecular flexibility index (Phi) is 3.09. The van der Waals surface area contributed by atoms with Crippen LogP contribution in [0.3, 0.4) is 0 Å². The van der Waals surface area contributed by atoms with Crippen molar-refractivity contribution in [3.8, 4) is 0 Å². The highest BCUT2D eigenvalue weighted by Crippen LogP contribution is 2.49. The minimum absolute atomic E-state index is 0.136. The third-order valence-corrected chi connectivity index (χ3v) is 4.57. The number of benzene rings is 1. The van der Waals surface area contributed by atoms with Gasteiger partial charge in [-0.2, -0.15) is 0 Å². The predicted molar refractivity (Wildman–Crippen MR) is 75.8 cm³/mol. The third kappa shape index (κ3) is 2.39. The Hall–Kier alpha value is -1.35. The summed E-state index contributed by atoms with van der Waals surface area (Å²) in [5.41, 5.74) is 8.17. The van der Waals surface area contributed by atoms with Crippen molar-refractivity contribution in [3.05, 3.63) is 35.4 Å². The molecule has 1 aromatic rings. The zero-order valence-corrected chi connectivity index (χ0v) is 11.5. The van der Waals surface area contributed by atoms with Crippen LogP contribution in [-0.4, -0.2) is 18.5 Å². The third-order valence-electron chi connectivity index (χ3n) is 4.57. The van der Waals surface area contributed by atoms with E-state index in [9.17, 15) is 4.79 Å². The van der Waals surface area contributed by atoms with Gasteiger partial charge in [0.25, 0.3) is 0 Å². The lowest BCUT2D eigenvalue weighted by molar-refractivity contribution is -0.123. The van der Waals surface area contributed by atoms with E-state index in [0.29, 0.717) is 12.5 Å². The van der Waals surface area contributed by atoms with Gasteiger partial charge >= 0.3 is 0 Å². The van der Waals surface area contributed by atoms with Gasteiger partial charge in [0.05, 0.1) is 5.41 Å². The Morgan fingerprint density at radius 3 is 2.68 bits per heavy atom. The fourth-order valence-electron chi connectivity index (χ4n) is 2.92. The number of rotatable bonds is 5. The summed E-state index contributed by atoms with van der Waals surface area (Å²) in [7, 11) is 0. The summed E-state index contributed by atoms with van der Waals surface area (Å²) < 4.78 is 0. The van der Waals surface area contributed by atoms with Gasteiger partial charge in [-0.3, -0.25) is 4.79 Å². The van der Waals surface area contributed by atoms with Crippen molar-refractivity contribution in [1.82, 2.24) is 5.32 Å². The lowest BCUT2D eigenvalue weighted by atomic mass is 9.91. The first-order valence-corrected chi connectivity index (χ1v) is 7.23. The van der Waals surface area contributed by atoms with Gasteiger partial charge in [0.2, 0.25) is 5.91 Å². The van der Waals surface area contributed by atoms with Crippen LogP contribution in [0.4, 0.5) is 0 Å². The maximum atomic E-state index is 12.5. The smallest absolute Gasteiger partial charge is 0.230 e. The van der Waals surface area contributed by atoms with Crippen LogP contribution in [0.1, 0.15) is 36.8 Å². The highest BCUT2D eigenvalue weighted by molar-refractivity contribution is 5.91. The number of aryl methyl sites for hydroxylation is 1. The molecule has 2 aliphatic rings. The molecule has 1 unspecified atom stereocenters. The van der Waals surface area contributed by atoms with Crippen LogP contribution in [0.25, 0.3) is 0 Å². The van der Waals surface area contributed by atoms with Gasteiger partial charge in [0.1, 0.15) is 0 Å². The Labute approximate surface area is 114 Å². The fraction of sp³-hybridized carbons (Fsp3) is 0.562. The van der Waals surface area contributed by atoms with Gasteiger partial charge < -0.3 is 11.1 Å². The lowest BCUT2D eigenvalue weighted by Gasteiger charge is -2.19. The molecule has 0 aliphatic heterocycles. The molecule has 1 aromatic carbocycles. The van der Waals surface area contributed by atoms with Crippen LogP contribution < -0.4 is 11.1 Å². The molecule has 0 saturated heterocycles. The molecule has 3 nitrogen and oxygen atoms in total. The average Bonchev–Trinajstić information content (AvgIpc) is 3.29. The van der Waals surface area contributed by atoms with Gasteiger partial charge in [-0.05, 0) is 49.7 Å². The van der Waals surface area contributed by atoms with Gasteiger partial charge in [0.15, 0.2) is 0 Å². The summed E-state index contributed by atoms with van der Waals surface area (Å²) in [4.78, 5) is 12.5. The summed E-state index contributed by atoms with van der Waals surface area (Å²) in [5, 5.41) is 3.07. The second-order valence-electron chi connectivity index (χ2n) is 6.11. The van der Waals surface area contributed by atoms with E-state index in [1.807, 2.05) is 12.1 Å². The van der Waals surface area contributed by atoms with Crippen LogP contribution in [-0.2, 0) is 10.2 Å². The molecule has 0 aromatic heterocycles. The quantitative estimate of drug-likeness (QED) is 0.847. The lowest BCUT2D eigenvalue weighted by Crippen LogP contribution is -2.43. The van der Waals surface area contributed by atoms with Gasteiger partial charge in [-0.25, -0.2) is 0 Å². The minimum atomic E-state index is -0.269. The number of hydrogen-bond acceptors (Lipinski definition) is 2. The molecule has 1 atom stereocenters. The molecule has 2 fully saturated rings. The van der Waals surface area contributed by atoms with E-state index >= 15 is 0 Å². The van der Waals surface area contributed by atoms with Crippen LogP contribution in [0.2, 0.25) is 0 Å². The van der Waals surface area contributed by atoms with E-state index in [2.05, 4.69) is 24.4 Å². The van der Waals surface area contributed by atoms with E-state index in [4.69, 9.17) is 5.73 Å². The molecule has 3 N–H and O–H groups in total. The van der Waals surface area contributed by atoms with Crippen LogP contribution in [0.5, 0.6) is 0 Å². The predicted octanol–water partition coefficient (Wildman–Crippen LogP) is 1.88. The van der Waals surface area contributed by atoms with E-state index < -0.39 is 0 Å². The minimum Gasteiger partial charge on any atom is -0.354 e. The summed E-state index contributed by atoms with van der Waals surface area (Å²) >= 11 is 0. The Bertz CT molecular complexity index is 489. The second kappa shape index (κ2) is 4.64. The molecule has 1 amide bonds. The van der Waals surface area contributed by atoms with Gasteiger partial charge in [-0.15, -0.1) is 0 Å². The van der Waals surface area contributed by atoms with Crippen molar-refractivity contribution in [3.63, 3.8) is 0 Å². The highest BCUT2D eigenvalue weighted by Gasteiger charge is 2.51. The van der Waals surface area contributed by atoms with Crippen LogP contribution in [0.15, 0.2) is 24.3 Å². The molecule has 0 spiro atoms. The summed E-state index contributed by atoms with van der Waals surface area (Å²) in [5.74, 6) is 0.798. The molecule has 19 heavy (non-hydrogen) atoms. The number of carbonyl (C=O) groups is 1. The normalized spacial score (nSPS) is 21.8. The monoisotopic (exact) mass is 258 g/mol. The van der Waals surface area contributed by atoms with E-state index in [0.717, 1.165) is 12.8 Å². The zero-order chi connectivity index (χ0) is 13.5. The summed E-state index contributed by atoms with van der Waals surface area (Å²) in [6.07, 6.45) is 4.37. The largest absolute Gasteiger partial charge is 0.354 e. The van der Waals surface area contributed by atoms with Crippen LogP contribution >= 0.6 is 0 Å². The van der Waals surface area contributed by atoms with Crippen molar-refractivity contribution < 1.29 is 4.79 Å². The molecule has 3 rings (SSSR count). The first kappa shape index (κ1) is 12.7. The van der Waals surface area contributed by atoms with Crippen molar-refractivity contribution in [2.75, 3.05) is 6.54 Å². The zero-order valence-electron chi connectivity index (χ0n) is 11.5. The summed E-state index contributed by atoms with van der Waals surface area (Å²) in [6.45, 7) is 2.70. The van der Waals surface area contributed by atoms with E-state index in [1.54, 1.807) is 0 Å². The fourth-order valence-corrected chi connectivity index (χ4v) is 2.92. The molecule has 102 valence electrons. The van der Waals surface area contributed by atoms with Crippen molar-refractivity contribution >= 4 is 5.91 Å². The number of carbonyl (C=O) groups excluding carboxylic acids is 1. The number of amides is 1. The first-order chi connectivity index (χ1) is 9.13. The highest BCUT2D eigenvalue weighted by atomic mass is 16.2. The number of nitrogens with two attached hydrogens (primary N) is 1. The maximum Gasteiger partial charge on any atom is 0.230 e. The van der Waals surface area contributed by atoms with Crippen molar-refractivity contribution in [2.24, 2.45) is 11.7 Å². The molecule has 0 bridgehead atoms. The van der Waals surface area contributed by atoms with Gasteiger partial charge in [-0.1, -0.05) is 24.3 Å². The molecule has 2 aliphatic carbocycles. The maximum absolute atomic E-state index is 12.5. The van der Waals surface area contributed by atoms with Gasteiger partial charge in [0, 0.05) is 12.6 Å². The number of hydrogen-bond donors (Lipinski definition) is 2. The Morgan fingerprint density at radius 2 is 2.11 bits per heavy atom. The molecule has 2 saturated carbocycles.